The summed E-state index contributed by atoms with van der Waals surface area (Å²) in [7, 11) is 0. The number of thioether (sulfide) groups is 1. The van der Waals surface area contributed by atoms with Crippen LogP contribution in [0.5, 0.6) is 0 Å². The van der Waals surface area contributed by atoms with Gasteiger partial charge in [-0.25, -0.2) is 0 Å². The molecule has 1 fully saturated rings. The van der Waals surface area contributed by atoms with Crippen LogP contribution in [0.25, 0.3) is 0 Å². The lowest BCUT2D eigenvalue weighted by Gasteiger charge is -2.19. The number of nitrogens with one attached hydrogen (secondary N) is 1. The average molecular weight is 237 g/mol. The van der Waals surface area contributed by atoms with Crippen LogP contribution in [0.1, 0.15) is 18.0 Å². The average Bonchev–Trinajstić information content (AvgIpc) is 2.84. The molecule has 0 bridgehead atoms. The first kappa shape index (κ1) is 12.0. The van der Waals surface area contributed by atoms with Crippen molar-refractivity contribution < 1.29 is 5.11 Å². The predicted octanol–water partition coefficient (Wildman–Crippen LogP) is 2.06. The van der Waals surface area contributed by atoms with E-state index < -0.39 is 0 Å². The number of hydrogen-bond acceptors (Lipinski definition) is 3. The van der Waals surface area contributed by atoms with E-state index in [4.69, 9.17) is 0 Å². The molecule has 3 heteroatoms. The van der Waals surface area contributed by atoms with E-state index in [2.05, 4.69) is 17.4 Å². The highest BCUT2D eigenvalue weighted by Gasteiger charge is 2.17. The third kappa shape index (κ3) is 3.24. The highest BCUT2D eigenvalue weighted by atomic mass is 32.2. The summed E-state index contributed by atoms with van der Waals surface area (Å²) >= 11 is 2.03. The summed E-state index contributed by atoms with van der Waals surface area (Å²) in [6.45, 7) is 1.19. The Kier molecular flexibility index (Phi) is 4.69. The Morgan fingerprint density at radius 3 is 2.81 bits per heavy atom. The SMILES string of the molecule is OCC(NCC1CCSC1)c1ccccc1. The molecule has 2 atom stereocenters. The van der Waals surface area contributed by atoms with Crippen LogP contribution in [0, 0.1) is 5.92 Å². The first-order chi connectivity index (χ1) is 7.90. The Labute approximate surface area is 101 Å². The van der Waals surface area contributed by atoms with E-state index in [0.29, 0.717) is 0 Å². The first-order valence-electron chi connectivity index (χ1n) is 5.87. The Hall–Kier alpha value is -0.510. The van der Waals surface area contributed by atoms with Gasteiger partial charge in [-0.2, -0.15) is 11.8 Å². The van der Waals surface area contributed by atoms with E-state index in [9.17, 15) is 5.11 Å². The maximum absolute atomic E-state index is 9.39. The fourth-order valence-electron chi connectivity index (χ4n) is 2.03. The van der Waals surface area contributed by atoms with Gasteiger partial charge in [-0.1, -0.05) is 30.3 Å². The normalized spacial score (nSPS) is 22.2. The molecule has 0 amide bonds. The summed E-state index contributed by atoms with van der Waals surface area (Å²) in [5.74, 6) is 3.34. The molecule has 16 heavy (non-hydrogen) atoms. The lowest BCUT2D eigenvalue weighted by molar-refractivity contribution is 0.240. The van der Waals surface area contributed by atoms with Gasteiger partial charge in [0, 0.05) is 0 Å². The van der Waals surface area contributed by atoms with E-state index in [1.165, 1.54) is 23.5 Å². The lowest BCUT2D eigenvalue weighted by atomic mass is 10.1. The van der Waals surface area contributed by atoms with Gasteiger partial charge in [-0.05, 0) is 36.0 Å². The quantitative estimate of drug-likeness (QED) is 0.822. The van der Waals surface area contributed by atoms with Crippen molar-refractivity contribution in [2.75, 3.05) is 24.7 Å². The summed E-state index contributed by atoms with van der Waals surface area (Å²) < 4.78 is 0. The van der Waals surface area contributed by atoms with Gasteiger partial charge in [-0.3, -0.25) is 0 Å². The van der Waals surface area contributed by atoms with E-state index in [1.807, 2.05) is 30.0 Å². The van der Waals surface area contributed by atoms with Crippen LogP contribution in [0.4, 0.5) is 0 Å². The predicted molar refractivity (Wildman–Crippen MR) is 69.7 cm³/mol. The zero-order chi connectivity index (χ0) is 11.2. The summed E-state index contributed by atoms with van der Waals surface area (Å²) in [5.41, 5.74) is 1.18. The fraction of sp³-hybridized carbons (Fsp3) is 0.538. The molecule has 1 aliphatic heterocycles. The van der Waals surface area contributed by atoms with E-state index in [1.54, 1.807) is 0 Å². The smallest absolute Gasteiger partial charge is 0.0626 e. The minimum absolute atomic E-state index is 0.0896. The first-order valence-corrected chi connectivity index (χ1v) is 7.02. The second-order valence-corrected chi connectivity index (χ2v) is 5.43. The zero-order valence-electron chi connectivity index (χ0n) is 9.43. The third-order valence-corrected chi connectivity index (χ3v) is 4.29. The Morgan fingerprint density at radius 2 is 2.19 bits per heavy atom. The highest BCUT2D eigenvalue weighted by molar-refractivity contribution is 7.99. The third-order valence-electron chi connectivity index (χ3n) is 3.06. The minimum atomic E-state index is 0.0896. The molecule has 2 N–H and O–H groups in total. The zero-order valence-corrected chi connectivity index (χ0v) is 10.2. The molecule has 1 heterocycles. The van der Waals surface area contributed by atoms with Crippen molar-refractivity contribution in [3.63, 3.8) is 0 Å². The van der Waals surface area contributed by atoms with E-state index >= 15 is 0 Å². The van der Waals surface area contributed by atoms with Crippen molar-refractivity contribution in [3.8, 4) is 0 Å². The van der Waals surface area contributed by atoms with E-state index in [-0.39, 0.29) is 12.6 Å². The maximum atomic E-state index is 9.39. The van der Waals surface area contributed by atoms with Crippen LogP contribution in [0.2, 0.25) is 0 Å². The monoisotopic (exact) mass is 237 g/mol. The van der Waals surface area contributed by atoms with Gasteiger partial charge in [0.15, 0.2) is 0 Å². The van der Waals surface area contributed by atoms with Gasteiger partial charge in [0.25, 0.3) is 0 Å². The van der Waals surface area contributed by atoms with Gasteiger partial charge in [0.05, 0.1) is 12.6 Å². The number of aliphatic hydroxyl groups excluding tert-OH is 1. The molecule has 2 nitrogen and oxygen atoms in total. The number of benzene rings is 1. The van der Waals surface area contributed by atoms with Crippen molar-refractivity contribution in [2.24, 2.45) is 5.92 Å². The molecule has 1 aromatic rings. The summed E-state index contributed by atoms with van der Waals surface area (Å²) in [6.07, 6.45) is 1.31. The van der Waals surface area contributed by atoms with Gasteiger partial charge in [0.2, 0.25) is 0 Å². The van der Waals surface area contributed by atoms with Crippen LogP contribution in [0.3, 0.4) is 0 Å². The summed E-state index contributed by atoms with van der Waals surface area (Å²) in [5, 5.41) is 12.8. The van der Waals surface area contributed by atoms with Crippen molar-refractivity contribution in [1.82, 2.24) is 5.32 Å². The van der Waals surface area contributed by atoms with Crippen molar-refractivity contribution in [2.45, 2.75) is 12.5 Å². The van der Waals surface area contributed by atoms with Crippen molar-refractivity contribution >= 4 is 11.8 Å². The molecule has 0 aliphatic carbocycles. The van der Waals surface area contributed by atoms with Gasteiger partial charge >= 0.3 is 0 Å². The highest BCUT2D eigenvalue weighted by Crippen LogP contribution is 2.23. The molecule has 2 rings (SSSR count). The second kappa shape index (κ2) is 6.28. The van der Waals surface area contributed by atoms with Crippen molar-refractivity contribution in [3.05, 3.63) is 35.9 Å². The van der Waals surface area contributed by atoms with Gasteiger partial charge in [-0.15, -0.1) is 0 Å². The molecule has 88 valence electrons. The molecule has 1 aromatic carbocycles. The topological polar surface area (TPSA) is 32.3 Å². The van der Waals surface area contributed by atoms with Crippen molar-refractivity contribution in [1.29, 1.82) is 0 Å². The Bertz CT molecular complexity index is 298. The number of hydrogen-bond donors (Lipinski definition) is 2. The molecular weight excluding hydrogens is 218 g/mol. The molecule has 0 aromatic heterocycles. The lowest BCUT2D eigenvalue weighted by Crippen LogP contribution is -2.29. The van der Waals surface area contributed by atoms with Crippen LogP contribution < -0.4 is 5.32 Å². The minimum Gasteiger partial charge on any atom is -0.394 e. The largest absolute Gasteiger partial charge is 0.394 e. The molecule has 0 saturated carbocycles. The Morgan fingerprint density at radius 1 is 1.38 bits per heavy atom. The molecule has 0 spiro atoms. The molecule has 1 aliphatic rings. The molecule has 1 saturated heterocycles. The second-order valence-electron chi connectivity index (χ2n) is 4.28. The number of rotatable bonds is 5. The van der Waals surface area contributed by atoms with Gasteiger partial charge < -0.3 is 10.4 Å². The summed E-state index contributed by atoms with van der Waals surface area (Å²) in [4.78, 5) is 0. The van der Waals surface area contributed by atoms with E-state index in [0.717, 1.165) is 12.5 Å². The molecular formula is C13H19NOS. The van der Waals surface area contributed by atoms with Crippen LogP contribution in [-0.4, -0.2) is 29.8 Å². The number of aliphatic hydroxyl groups is 1. The Balaban J connectivity index is 1.85. The van der Waals surface area contributed by atoms with Crippen LogP contribution in [0.15, 0.2) is 30.3 Å². The van der Waals surface area contributed by atoms with Crippen LogP contribution in [-0.2, 0) is 0 Å². The van der Waals surface area contributed by atoms with Gasteiger partial charge in [0.1, 0.15) is 0 Å². The summed E-state index contributed by atoms with van der Waals surface area (Å²) in [6, 6.07) is 10.3. The standard InChI is InChI=1S/C13H19NOS/c15-9-13(12-4-2-1-3-5-12)14-8-11-6-7-16-10-11/h1-5,11,13-15H,6-10H2. The van der Waals surface area contributed by atoms with Crippen LogP contribution >= 0.6 is 11.8 Å². The fourth-order valence-corrected chi connectivity index (χ4v) is 3.31. The maximum Gasteiger partial charge on any atom is 0.0626 e. The molecule has 2 unspecified atom stereocenters. The molecule has 0 radical (unpaired) electrons.